The van der Waals surface area contributed by atoms with Crippen molar-refractivity contribution in [3.8, 4) is 29.2 Å². The average molecular weight is 386 g/mol. The SMILES string of the molecule is N#Cc1ccc2ncc(-c3ccc(N)nc3C#Cc3ccc4cnccc4c3)n2c1. The first kappa shape index (κ1) is 17.4. The Balaban J connectivity index is 1.64. The summed E-state index contributed by atoms with van der Waals surface area (Å²) in [6.07, 6.45) is 7.09. The van der Waals surface area contributed by atoms with Crippen LogP contribution in [0.15, 0.2) is 73.3 Å². The minimum absolute atomic E-state index is 0.388. The molecule has 0 amide bonds. The Kier molecular flexibility index (Phi) is 4.09. The molecule has 30 heavy (non-hydrogen) atoms. The van der Waals surface area contributed by atoms with Gasteiger partial charge in [-0.3, -0.25) is 9.38 Å². The fraction of sp³-hybridized carbons (Fsp3) is 0. The molecule has 4 heterocycles. The maximum Gasteiger partial charge on any atom is 0.137 e. The third-order valence-electron chi connectivity index (χ3n) is 4.79. The molecule has 4 aromatic heterocycles. The van der Waals surface area contributed by atoms with Gasteiger partial charge in [-0.25, -0.2) is 9.97 Å². The minimum atomic E-state index is 0.388. The van der Waals surface area contributed by atoms with E-state index in [-0.39, 0.29) is 0 Å². The monoisotopic (exact) mass is 386 g/mol. The van der Waals surface area contributed by atoms with Gasteiger partial charge >= 0.3 is 0 Å². The van der Waals surface area contributed by atoms with Crippen LogP contribution in [0.3, 0.4) is 0 Å². The first-order valence-electron chi connectivity index (χ1n) is 9.21. The number of nitrogen functional groups attached to an aromatic ring is 1. The van der Waals surface area contributed by atoms with Gasteiger partial charge in [-0.05, 0) is 53.8 Å². The standard InChI is InChI=1S/C24H14N6/c25-12-17-3-8-24-28-14-22(30(24)15-17)20-5-7-23(26)29-21(20)6-2-16-1-4-19-13-27-10-9-18(19)11-16/h1,3-5,7-11,13-15H,(H2,26,29). The molecular formula is C24H14N6. The van der Waals surface area contributed by atoms with Crippen LogP contribution < -0.4 is 5.73 Å². The number of hydrogen-bond donors (Lipinski definition) is 1. The van der Waals surface area contributed by atoms with Crippen LogP contribution in [0.4, 0.5) is 5.82 Å². The number of nitriles is 1. The van der Waals surface area contributed by atoms with Gasteiger partial charge in [-0.15, -0.1) is 0 Å². The number of pyridine rings is 3. The van der Waals surface area contributed by atoms with E-state index >= 15 is 0 Å². The number of rotatable bonds is 1. The highest BCUT2D eigenvalue weighted by Crippen LogP contribution is 2.25. The number of hydrogen-bond acceptors (Lipinski definition) is 5. The smallest absolute Gasteiger partial charge is 0.137 e. The van der Waals surface area contributed by atoms with Gasteiger partial charge in [0.15, 0.2) is 0 Å². The van der Waals surface area contributed by atoms with Crippen molar-refractivity contribution in [3.05, 3.63) is 90.1 Å². The van der Waals surface area contributed by atoms with Crippen molar-refractivity contribution >= 4 is 22.2 Å². The van der Waals surface area contributed by atoms with Crippen LogP contribution in [0.2, 0.25) is 0 Å². The highest BCUT2D eigenvalue weighted by molar-refractivity contribution is 5.83. The van der Waals surface area contributed by atoms with Crippen molar-refractivity contribution in [2.45, 2.75) is 0 Å². The van der Waals surface area contributed by atoms with Gasteiger partial charge in [0, 0.05) is 35.1 Å². The van der Waals surface area contributed by atoms with Gasteiger partial charge in [-0.2, -0.15) is 5.26 Å². The van der Waals surface area contributed by atoms with Crippen LogP contribution >= 0.6 is 0 Å². The van der Waals surface area contributed by atoms with Crippen molar-refractivity contribution in [1.82, 2.24) is 19.4 Å². The predicted molar refractivity (Wildman–Crippen MR) is 115 cm³/mol. The summed E-state index contributed by atoms with van der Waals surface area (Å²) in [6, 6.07) is 17.2. The van der Waals surface area contributed by atoms with Crippen molar-refractivity contribution in [2.75, 3.05) is 5.73 Å². The molecule has 0 radical (unpaired) electrons. The zero-order valence-corrected chi connectivity index (χ0v) is 15.7. The molecule has 6 nitrogen and oxygen atoms in total. The molecule has 0 atom stereocenters. The van der Waals surface area contributed by atoms with Gasteiger partial charge in [0.2, 0.25) is 0 Å². The molecule has 0 saturated heterocycles. The third-order valence-corrected chi connectivity index (χ3v) is 4.79. The summed E-state index contributed by atoms with van der Waals surface area (Å²) in [7, 11) is 0. The summed E-state index contributed by atoms with van der Waals surface area (Å²) in [5, 5.41) is 11.4. The minimum Gasteiger partial charge on any atom is -0.384 e. The summed E-state index contributed by atoms with van der Waals surface area (Å²) in [5.74, 6) is 6.72. The van der Waals surface area contributed by atoms with E-state index in [0.717, 1.165) is 33.2 Å². The van der Waals surface area contributed by atoms with E-state index in [1.165, 1.54) is 0 Å². The Morgan fingerprint density at radius 2 is 1.80 bits per heavy atom. The van der Waals surface area contributed by atoms with E-state index in [1.807, 2.05) is 47.0 Å². The Morgan fingerprint density at radius 1 is 0.900 bits per heavy atom. The Bertz CT molecular complexity index is 1530. The number of benzene rings is 1. The van der Waals surface area contributed by atoms with Gasteiger partial charge in [0.25, 0.3) is 0 Å². The van der Waals surface area contributed by atoms with Crippen LogP contribution in [-0.2, 0) is 0 Å². The molecule has 0 aliphatic carbocycles. The zero-order valence-electron chi connectivity index (χ0n) is 15.7. The van der Waals surface area contributed by atoms with Crippen molar-refractivity contribution in [1.29, 1.82) is 5.26 Å². The second-order valence-electron chi connectivity index (χ2n) is 6.72. The summed E-state index contributed by atoms with van der Waals surface area (Å²) in [5.41, 5.74) is 10.2. The Hall–Kier alpha value is -4.68. The van der Waals surface area contributed by atoms with E-state index in [1.54, 1.807) is 30.7 Å². The maximum absolute atomic E-state index is 9.23. The summed E-state index contributed by atoms with van der Waals surface area (Å²) in [4.78, 5) is 13.0. The average Bonchev–Trinajstić information content (AvgIpc) is 3.20. The first-order chi connectivity index (χ1) is 14.7. The molecule has 0 aliphatic heterocycles. The van der Waals surface area contributed by atoms with Gasteiger partial charge in [0.1, 0.15) is 23.2 Å². The third kappa shape index (κ3) is 3.09. The topological polar surface area (TPSA) is 92.9 Å². The molecule has 0 aliphatic rings. The van der Waals surface area contributed by atoms with Gasteiger partial charge in [-0.1, -0.05) is 12.0 Å². The molecule has 0 bridgehead atoms. The van der Waals surface area contributed by atoms with Crippen LogP contribution in [-0.4, -0.2) is 19.4 Å². The van der Waals surface area contributed by atoms with Crippen LogP contribution in [0.25, 0.3) is 27.7 Å². The second kappa shape index (κ2) is 7.05. The number of anilines is 1. The molecule has 5 aromatic rings. The van der Waals surface area contributed by atoms with Gasteiger partial charge < -0.3 is 5.73 Å². The van der Waals surface area contributed by atoms with Crippen LogP contribution in [0.5, 0.6) is 0 Å². The fourth-order valence-corrected chi connectivity index (χ4v) is 3.31. The van der Waals surface area contributed by atoms with Crippen molar-refractivity contribution < 1.29 is 0 Å². The lowest BCUT2D eigenvalue weighted by Gasteiger charge is -2.06. The Labute approximate surface area is 172 Å². The van der Waals surface area contributed by atoms with Crippen LogP contribution in [0.1, 0.15) is 16.8 Å². The van der Waals surface area contributed by atoms with E-state index in [9.17, 15) is 5.26 Å². The summed E-state index contributed by atoms with van der Waals surface area (Å²) in [6.45, 7) is 0. The van der Waals surface area contributed by atoms with Gasteiger partial charge in [0.05, 0.1) is 17.5 Å². The lowest BCUT2D eigenvalue weighted by atomic mass is 10.1. The highest BCUT2D eigenvalue weighted by Gasteiger charge is 2.12. The number of nitrogens with two attached hydrogens (primary N) is 1. The van der Waals surface area contributed by atoms with E-state index in [0.29, 0.717) is 17.1 Å². The predicted octanol–water partition coefficient (Wildman–Crippen LogP) is 3.80. The number of nitrogens with zero attached hydrogens (tertiary/aromatic N) is 5. The molecule has 6 heteroatoms. The molecular weight excluding hydrogens is 372 g/mol. The first-order valence-corrected chi connectivity index (χ1v) is 9.21. The van der Waals surface area contributed by atoms with Crippen molar-refractivity contribution in [3.63, 3.8) is 0 Å². The molecule has 2 N–H and O–H groups in total. The molecule has 0 spiro atoms. The van der Waals surface area contributed by atoms with E-state index in [4.69, 9.17) is 5.73 Å². The van der Waals surface area contributed by atoms with Crippen LogP contribution in [0, 0.1) is 23.2 Å². The highest BCUT2D eigenvalue weighted by atomic mass is 15.0. The zero-order chi connectivity index (χ0) is 20.5. The largest absolute Gasteiger partial charge is 0.384 e. The normalized spacial score (nSPS) is 10.5. The number of fused-ring (bicyclic) bond motifs is 2. The second-order valence-corrected chi connectivity index (χ2v) is 6.72. The quantitative estimate of drug-likeness (QED) is 0.442. The summed E-state index contributed by atoms with van der Waals surface area (Å²) >= 11 is 0. The lowest BCUT2D eigenvalue weighted by molar-refractivity contribution is 1.17. The summed E-state index contributed by atoms with van der Waals surface area (Å²) < 4.78 is 1.86. The van der Waals surface area contributed by atoms with E-state index < -0.39 is 0 Å². The molecule has 1 aromatic carbocycles. The molecule has 140 valence electrons. The molecule has 0 saturated carbocycles. The van der Waals surface area contributed by atoms with Crippen molar-refractivity contribution in [2.24, 2.45) is 0 Å². The number of imidazole rings is 1. The fourth-order valence-electron chi connectivity index (χ4n) is 3.31. The molecule has 0 fully saturated rings. The number of aromatic nitrogens is 4. The maximum atomic E-state index is 9.23. The lowest BCUT2D eigenvalue weighted by Crippen LogP contribution is -1.97. The molecule has 5 rings (SSSR count). The van der Waals surface area contributed by atoms with E-state index in [2.05, 4.69) is 32.9 Å². The Morgan fingerprint density at radius 3 is 2.70 bits per heavy atom. The molecule has 0 unspecified atom stereocenters.